The first-order chi connectivity index (χ1) is 5.83. The Morgan fingerprint density at radius 1 is 1.23 bits per heavy atom. The summed E-state index contributed by atoms with van der Waals surface area (Å²) in [6, 6.07) is 0. The molecule has 0 bridgehead atoms. The van der Waals surface area contributed by atoms with Gasteiger partial charge in [0.2, 0.25) is 0 Å². The maximum atomic E-state index is 6.22. The lowest BCUT2D eigenvalue weighted by Crippen LogP contribution is -2.45. The summed E-state index contributed by atoms with van der Waals surface area (Å²) >= 11 is 6.22. The number of likely N-dealkylation sites (N-methyl/N-ethyl adjacent to an activating group) is 1. The van der Waals surface area contributed by atoms with E-state index in [4.69, 9.17) is 11.6 Å². The third kappa shape index (κ3) is 2.35. The van der Waals surface area contributed by atoms with E-state index in [1.165, 1.54) is 16.7 Å². The minimum Gasteiger partial charge on any atom is -0.320 e. The molecule has 0 aliphatic carbocycles. The van der Waals surface area contributed by atoms with Gasteiger partial charge in [-0.05, 0) is 26.3 Å². The first-order valence-corrected chi connectivity index (χ1v) is 5.05. The van der Waals surface area contributed by atoms with Crippen LogP contribution in [0.15, 0.2) is 21.8 Å². The van der Waals surface area contributed by atoms with Crippen LogP contribution in [0.1, 0.15) is 20.8 Å². The van der Waals surface area contributed by atoms with Crippen LogP contribution in [-0.4, -0.2) is 31.7 Å². The number of quaternary nitrogens is 1. The summed E-state index contributed by atoms with van der Waals surface area (Å²) in [5.41, 5.74) is 4.11. The van der Waals surface area contributed by atoms with Crippen molar-refractivity contribution >= 4 is 11.6 Å². The zero-order valence-electron chi connectivity index (χ0n) is 9.24. The molecule has 0 unspecified atom stereocenters. The standard InChI is InChI=1S/C11H19ClN/c1-8(2)10-6-13(4,5)7-11(12)9(10)3/h6-7H2,1-5H3/q+1. The number of rotatable bonds is 0. The largest absolute Gasteiger partial charge is 0.320 e. The lowest BCUT2D eigenvalue weighted by Gasteiger charge is -2.35. The van der Waals surface area contributed by atoms with Crippen LogP contribution in [0.5, 0.6) is 0 Å². The van der Waals surface area contributed by atoms with Crippen LogP contribution >= 0.6 is 11.6 Å². The fourth-order valence-corrected chi connectivity index (χ4v) is 2.23. The molecule has 2 heteroatoms. The molecule has 13 heavy (non-hydrogen) atoms. The van der Waals surface area contributed by atoms with Gasteiger partial charge in [0.1, 0.15) is 13.1 Å². The number of halogens is 1. The minimum absolute atomic E-state index is 0.962. The Kier molecular flexibility index (Phi) is 2.88. The molecular weight excluding hydrogens is 182 g/mol. The number of allylic oxidation sites excluding steroid dienone is 1. The Balaban J connectivity index is 3.14. The smallest absolute Gasteiger partial charge is 0.115 e. The molecule has 0 atom stereocenters. The molecule has 1 aliphatic heterocycles. The van der Waals surface area contributed by atoms with Crippen LogP contribution in [0.2, 0.25) is 0 Å². The van der Waals surface area contributed by atoms with Gasteiger partial charge < -0.3 is 4.48 Å². The van der Waals surface area contributed by atoms with Crippen molar-refractivity contribution < 1.29 is 4.48 Å². The second kappa shape index (κ2) is 3.47. The van der Waals surface area contributed by atoms with Crippen LogP contribution in [0.4, 0.5) is 0 Å². The predicted octanol–water partition coefficient (Wildman–Crippen LogP) is 2.93. The molecule has 0 radical (unpaired) electrons. The van der Waals surface area contributed by atoms with E-state index in [1.807, 2.05) is 0 Å². The van der Waals surface area contributed by atoms with Gasteiger partial charge in [-0.1, -0.05) is 17.2 Å². The van der Waals surface area contributed by atoms with Gasteiger partial charge in [0.05, 0.1) is 19.1 Å². The zero-order chi connectivity index (χ0) is 10.2. The predicted molar refractivity (Wildman–Crippen MR) is 58.8 cm³/mol. The van der Waals surface area contributed by atoms with Gasteiger partial charge in [0.25, 0.3) is 0 Å². The van der Waals surface area contributed by atoms with E-state index in [0.29, 0.717) is 0 Å². The lowest BCUT2D eigenvalue weighted by atomic mass is 9.98. The van der Waals surface area contributed by atoms with Gasteiger partial charge in [-0.25, -0.2) is 0 Å². The molecule has 0 aromatic carbocycles. The van der Waals surface area contributed by atoms with Gasteiger partial charge in [0.15, 0.2) is 0 Å². The molecule has 0 saturated carbocycles. The van der Waals surface area contributed by atoms with Crippen LogP contribution in [0.3, 0.4) is 0 Å². The van der Waals surface area contributed by atoms with Gasteiger partial charge in [-0.2, -0.15) is 0 Å². The van der Waals surface area contributed by atoms with Gasteiger partial charge in [-0.15, -0.1) is 0 Å². The quantitative estimate of drug-likeness (QED) is 0.528. The molecule has 0 aromatic heterocycles. The van der Waals surface area contributed by atoms with E-state index in [-0.39, 0.29) is 0 Å². The second-order valence-electron chi connectivity index (χ2n) is 4.76. The molecule has 0 spiro atoms. The molecule has 0 saturated heterocycles. The Hall–Kier alpha value is -0.270. The first-order valence-electron chi connectivity index (χ1n) is 4.67. The molecule has 1 aliphatic rings. The van der Waals surface area contributed by atoms with Gasteiger partial charge in [-0.3, -0.25) is 0 Å². The molecule has 74 valence electrons. The highest BCUT2D eigenvalue weighted by atomic mass is 35.5. The summed E-state index contributed by atoms with van der Waals surface area (Å²) in [4.78, 5) is 0. The Bertz CT molecular complexity index is 280. The van der Waals surface area contributed by atoms with Crippen molar-refractivity contribution in [2.45, 2.75) is 20.8 Å². The van der Waals surface area contributed by atoms with E-state index < -0.39 is 0 Å². The number of hydrogen-bond acceptors (Lipinski definition) is 0. The fourth-order valence-electron chi connectivity index (χ4n) is 1.79. The molecule has 0 aromatic rings. The molecule has 0 amide bonds. The number of hydrogen-bond donors (Lipinski definition) is 0. The van der Waals surface area contributed by atoms with Crippen molar-refractivity contribution in [1.29, 1.82) is 0 Å². The Morgan fingerprint density at radius 2 is 1.77 bits per heavy atom. The topological polar surface area (TPSA) is 0 Å². The Labute approximate surface area is 86.3 Å². The SMILES string of the molecule is CC(C)=C1C[N+](C)(C)CC(Cl)=C1C. The summed E-state index contributed by atoms with van der Waals surface area (Å²) in [7, 11) is 4.44. The van der Waals surface area contributed by atoms with Crippen molar-refractivity contribution in [1.82, 2.24) is 0 Å². The summed E-state index contributed by atoms with van der Waals surface area (Å²) in [6.07, 6.45) is 0. The molecule has 1 nitrogen and oxygen atoms in total. The molecule has 0 N–H and O–H groups in total. The van der Waals surface area contributed by atoms with Crippen LogP contribution in [-0.2, 0) is 0 Å². The third-order valence-electron chi connectivity index (χ3n) is 2.62. The molecule has 1 heterocycles. The van der Waals surface area contributed by atoms with Gasteiger partial charge in [0, 0.05) is 5.57 Å². The fraction of sp³-hybridized carbons (Fsp3) is 0.636. The monoisotopic (exact) mass is 200 g/mol. The van der Waals surface area contributed by atoms with E-state index >= 15 is 0 Å². The highest BCUT2D eigenvalue weighted by molar-refractivity contribution is 6.30. The van der Waals surface area contributed by atoms with Crippen molar-refractivity contribution in [3.63, 3.8) is 0 Å². The molecular formula is C11H19ClN+. The van der Waals surface area contributed by atoms with E-state index in [0.717, 1.165) is 22.6 Å². The summed E-state index contributed by atoms with van der Waals surface area (Å²) in [5, 5.41) is 1.02. The summed E-state index contributed by atoms with van der Waals surface area (Å²) in [6.45, 7) is 8.51. The highest BCUT2D eigenvalue weighted by Gasteiger charge is 2.27. The van der Waals surface area contributed by atoms with Crippen molar-refractivity contribution in [3.8, 4) is 0 Å². The maximum absolute atomic E-state index is 6.22. The van der Waals surface area contributed by atoms with Crippen LogP contribution in [0.25, 0.3) is 0 Å². The van der Waals surface area contributed by atoms with E-state index in [9.17, 15) is 0 Å². The van der Waals surface area contributed by atoms with Crippen LogP contribution < -0.4 is 0 Å². The number of nitrogens with zero attached hydrogens (tertiary/aromatic N) is 1. The summed E-state index contributed by atoms with van der Waals surface area (Å²) < 4.78 is 0.969. The third-order valence-corrected chi connectivity index (χ3v) is 3.02. The normalized spacial score (nSPS) is 22.2. The second-order valence-corrected chi connectivity index (χ2v) is 5.22. The van der Waals surface area contributed by atoms with Crippen molar-refractivity contribution in [2.75, 3.05) is 27.2 Å². The van der Waals surface area contributed by atoms with E-state index in [1.54, 1.807) is 0 Å². The molecule has 0 fully saturated rings. The lowest BCUT2D eigenvalue weighted by molar-refractivity contribution is -0.881. The molecule has 1 rings (SSSR count). The average molecular weight is 201 g/mol. The van der Waals surface area contributed by atoms with Gasteiger partial charge >= 0.3 is 0 Å². The average Bonchev–Trinajstić information content (AvgIpc) is 1.95. The maximum Gasteiger partial charge on any atom is 0.115 e. The minimum atomic E-state index is 0.962. The zero-order valence-corrected chi connectivity index (χ0v) is 10.00. The van der Waals surface area contributed by atoms with Crippen molar-refractivity contribution in [3.05, 3.63) is 21.8 Å². The highest BCUT2D eigenvalue weighted by Crippen LogP contribution is 2.29. The summed E-state index contributed by atoms with van der Waals surface area (Å²) in [5.74, 6) is 0. The van der Waals surface area contributed by atoms with Crippen molar-refractivity contribution in [2.24, 2.45) is 0 Å². The Morgan fingerprint density at radius 3 is 2.23 bits per heavy atom. The van der Waals surface area contributed by atoms with E-state index in [2.05, 4.69) is 34.9 Å². The first kappa shape index (κ1) is 10.8. The van der Waals surface area contributed by atoms with Crippen LogP contribution in [0, 0.1) is 0 Å².